The highest BCUT2D eigenvalue weighted by Gasteiger charge is 2.13. The van der Waals surface area contributed by atoms with Crippen LogP contribution in [0.15, 0.2) is 58.0 Å². The number of anilines is 1. The van der Waals surface area contributed by atoms with Crippen molar-refractivity contribution in [3.63, 3.8) is 0 Å². The summed E-state index contributed by atoms with van der Waals surface area (Å²) in [5, 5.41) is 0. The predicted octanol–water partition coefficient (Wildman–Crippen LogP) is 4.41. The van der Waals surface area contributed by atoms with Crippen LogP contribution in [0.25, 0.3) is 6.08 Å². The number of halogens is 1. The second-order valence-corrected chi connectivity index (χ2v) is 6.29. The van der Waals surface area contributed by atoms with Gasteiger partial charge in [-0.2, -0.15) is 0 Å². The molecule has 0 bridgehead atoms. The molecule has 2 aromatic rings. The third kappa shape index (κ3) is 3.48. The minimum atomic E-state index is 0.803. The van der Waals surface area contributed by atoms with Gasteiger partial charge in [-0.1, -0.05) is 30.3 Å². The van der Waals surface area contributed by atoms with Gasteiger partial charge < -0.3 is 9.64 Å². The Morgan fingerprint density at radius 3 is 2.78 bits per heavy atom. The van der Waals surface area contributed by atoms with E-state index in [2.05, 4.69) is 64.3 Å². The quantitative estimate of drug-likeness (QED) is 0.799. The largest absolute Gasteiger partial charge is 0.496 e. The third-order valence-electron chi connectivity index (χ3n) is 3.92. The Kier molecular flexibility index (Phi) is 4.82. The molecule has 23 heavy (non-hydrogen) atoms. The Labute approximate surface area is 145 Å². The maximum absolute atomic E-state index is 5.27. The Morgan fingerprint density at radius 1 is 1.17 bits per heavy atom. The number of allylic oxidation sites excluding steroid dienone is 1. The van der Waals surface area contributed by atoms with Gasteiger partial charge in [0.1, 0.15) is 5.75 Å². The van der Waals surface area contributed by atoms with Crippen LogP contribution in [0, 0.1) is 0 Å². The van der Waals surface area contributed by atoms with Gasteiger partial charge >= 0.3 is 0 Å². The number of ether oxygens (including phenoxy) is 1. The van der Waals surface area contributed by atoms with Crippen LogP contribution >= 0.6 is 15.9 Å². The summed E-state index contributed by atoms with van der Waals surface area (Å²) in [7, 11) is 3.78. The smallest absolute Gasteiger partial charge is 0.133 e. The van der Waals surface area contributed by atoms with Crippen molar-refractivity contribution < 1.29 is 4.74 Å². The number of likely N-dealkylation sites (N-methyl/N-ethyl adjacent to an activating group) is 1. The second kappa shape index (κ2) is 7.01. The average Bonchev–Trinajstić information content (AvgIpc) is 2.73. The first-order chi connectivity index (χ1) is 11.2. The number of aliphatic imine (C=N–C) groups is 1. The van der Waals surface area contributed by atoms with Crippen molar-refractivity contribution in [3.05, 3.63) is 64.1 Å². The zero-order valence-electron chi connectivity index (χ0n) is 13.3. The molecule has 0 atom stereocenters. The summed E-state index contributed by atoms with van der Waals surface area (Å²) in [6.45, 7) is 1.74. The average molecular weight is 371 g/mol. The Hall–Kier alpha value is -2.07. The van der Waals surface area contributed by atoms with Crippen LogP contribution in [0.4, 0.5) is 5.69 Å². The van der Waals surface area contributed by atoms with E-state index >= 15 is 0 Å². The molecule has 0 amide bonds. The standard InChI is InChI=1S/C19H19BrN2O/c1-22-12-11-21-17(15-5-3-4-6-18(15)22)9-7-14-8-10-19(23-2)16(20)13-14/h3-10,13H,11-12H2,1-2H3. The molecule has 1 heterocycles. The second-order valence-electron chi connectivity index (χ2n) is 5.43. The Balaban J connectivity index is 1.91. The molecule has 0 N–H and O–H groups in total. The van der Waals surface area contributed by atoms with E-state index in [1.54, 1.807) is 7.11 Å². The topological polar surface area (TPSA) is 24.8 Å². The molecule has 0 saturated carbocycles. The summed E-state index contributed by atoms with van der Waals surface area (Å²) >= 11 is 3.52. The summed E-state index contributed by atoms with van der Waals surface area (Å²) in [6, 6.07) is 14.5. The van der Waals surface area contributed by atoms with Crippen LogP contribution in [-0.4, -0.2) is 33.0 Å². The zero-order valence-corrected chi connectivity index (χ0v) is 14.9. The van der Waals surface area contributed by atoms with Gasteiger partial charge in [0.25, 0.3) is 0 Å². The highest BCUT2D eigenvalue weighted by atomic mass is 79.9. The first-order valence-corrected chi connectivity index (χ1v) is 8.35. The maximum Gasteiger partial charge on any atom is 0.133 e. The number of hydrogen-bond acceptors (Lipinski definition) is 3. The van der Waals surface area contributed by atoms with Crippen molar-refractivity contribution in [1.82, 2.24) is 0 Å². The molecule has 0 spiro atoms. The van der Waals surface area contributed by atoms with E-state index in [-0.39, 0.29) is 0 Å². The highest BCUT2D eigenvalue weighted by molar-refractivity contribution is 9.10. The number of hydrogen-bond donors (Lipinski definition) is 0. The Bertz CT molecular complexity index is 768. The fourth-order valence-electron chi connectivity index (χ4n) is 2.65. The van der Waals surface area contributed by atoms with Crippen LogP contribution in [-0.2, 0) is 0 Å². The van der Waals surface area contributed by atoms with Crippen molar-refractivity contribution in [1.29, 1.82) is 0 Å². The van der Waals surface area contributed by atoms with Crippen molar-refractivity contribution in [3.8, 4) is 5.75 Å². The molecule has 3 rings (SSSR count). The molecule has 0 fully saturated rings. The molecule has 0 aliphatic carbocycles. The van der Waals surface area contributed by atoms with Gasteiger partial charge in [-0.15, -0.1) is 0 Å². The van der Waals surface area contributed by atoms with Gasteiger partial charge in [-0.05, 0) is 45.8 Å². The van der Waals surface area contributed by atoms with E-state index in [0.717, 1.165) is 34.6 Å². The SMILES string of the molecule is COc1ccc(C=CC2=NCCN(C)c3ccccc32)cc1Br. The zero-order chi connectivity index (χ0) is 16.2. The normalized spacial score (nSPS) is 14.4. The number of para-hydroxylation sites is 1. The summed E-state index contributed by atoms with van der Waals surface area (Å²) in [5.74, 6) is 0.834. The van der Waals surface area contributed by atoms with Crippen LogP contribution < -0.4 is 9.64 Å². The summed E-state index contributed by atoms with van der Waals surface area (Å²) in [4.78, 5) is 6.99. The predicted molar refractivity (Wildman–Crippen MR) is 101 cm³/mol. The van der Waals surface area contributed by atoms with Gasteiger partial charge in [-0.3, -0.25) is 4.99 Å². The number of methoxy groups -OCH3 is 1. The lowest BCUT2D eigenvalue weighted by atomic mass is 10.1. The summed E-state index contributed by atoms with van der Waals surface area (Å²) < 4.78 is 6.22. The fourth-order valence-corrected chi connectivity index (χ4v) is 3.21. The van der Waals surface area contributed by atoms with E-state index < -0.39 is 0 Å². The minimum Gasteiger partial charge on any atom is -0.496 e. The lowest BCUT2D eigenvalue weighted by Crippen LogP contribution is -2.20. The Morgan fingerprint density at radius 2 is 2.00 bits per heavy atom. The molecule has 3 nitrogen and oxygen atoms in total. The van der Waals surface area contributed by atoms with Gasteiger partial charge in [0.05, 0.1) is 23.8 Å². The monoisotopic (exact) mass is 370 g/mol. The number of nitrogens with zero attached hydrogens (tertiary/aromatic N) is 2. The van der Waals surface area contributed by atoms with E-state index in [0.29, 0.717) is 0 Å². The van der Waals surface area contributed by atoms with E-state index in [9.17, 15) is 0 Å². The molecule has 1 aliphatic heterocycles. The number of rotatable bonds is 3. The number of benzodiazepines with no additional fused rings is 1. The highest BCUT2D eigenvalue weighted by Crippen LogP contribution is 2.27. The molecule has 0 radical (unpaired) electrons. The fraction of sp³-hybridized carbons (Fsp3) is 0.211. The summed E-state index contributed by atoms with van der Waals surface area (Å²) in [6.07, 6.45) is 4.18. The van der Waals surface area contributed by atoms with Crippen molar-refractivity contribution in [2.24, 2.45) is 4.99 Å². The summed E-state index contributed by atoms with van der Waals surface area (Å²) in [5.41, 5.74) is 4.54. The number of benzene rings is 2. The molecule has 0 saturated heterocycles. The maximum atomic E-state index is 5.27. The van der Waals surface area contributed by atoms with Crippen molar-refractivity contribution in [2.45, 2.75) is 0 Å². The van der Waals surface area contributed by atoms with Gasteiger partial charge in [0.15, 0.2) is 0 Å². The van der Waals surface area contributed by atoms with Crippen LogP contribution in [0.5, 0.6) is 5.75 Å². The molecular weight excluding hydrogens is 352 g/mol. The first kappa shape index (κ1) is 15.8. The lowest BCUT2D eigenvalue weighted by molar-refractivity contribution is 0.412. The van der Waals surface area contributed by atoms with E-state index in [1.165, 1.54) is 11.3 Å². The van der Waals surface area contributed by atoms with Crippen LogP contribution in [0.3, 0.4) is 0 Å². The van der Waals surface area contributed by atoms with Crippen LogP contribution in [0.1, 0.15) is 11.1 Å². The lowest BCUT2D eigenvalue weighted by Gasteiger charge is -2.18. The molecular formula is C19H19BrN2O. The first-order valence-electron chi connectivity index (χ1n) is 7.55. The van der Waals surface area contributed by atoms with Crippen LogP contribution in [0.2, 0.25) is 0 Å². The van der Waals surface area contributed by atoms with E-state index in [4.69, 9.17) is 9.73 Å². The number of fused-ring (bicyclic) bond motifs is 1. The third-order valence-corrected chi connectivity index (χ3v) is 4.54. The van der Waals surface area contributed by atoms with E-state index in [1.807, 2.05) is 18.2 Å². The molecule has 0 aromatic heterocycles. The van der Waals surface area contributed by atoms with Crippen molar-refractivity contribution in [2.75, 3.05) is 32.1 Å². The van der Waals surface area contributed by atoms with Gasteiger partial charge in [-0.25, -0.2) is 0 Å². The van der Waals surface area contributed by atoms with Gasteiger partial charge in [0, 0.05) is 24.8 Å². The molecule has 118 valence electrons. The molecule has 1 aliphatic rings. The molecule has 0 unspecified atom stereocenters. The molecule has 2 aromatic carbocycles. The van der Waals surface area contributed by atoms with Gasteiger partial charge in [0.2, 0.25) is 0 Å². The minimum absolute atomic E-state index is 0.803. The van der Waals surface area contributed by atoms with Crippen molar-refractivity contribution >= 4 is 33.4 Å². The molecule has 4 heteroatoms.